The highest BCUT2D eigenvalue weighted by Gasteiger charge is 2.06. The highest BCUT2D eigenvalue weighted by atomic mass is 16.6. The Labute approximate surface area is 117 Å². The van der Waals surface area contributed by atoms with E-state index in [-0.39, 0.29) is 12.4 Å². The molecule has 0 saturated heterocycles. The van der Waals surface area contributed by atoms with Crippen molar-refractivity contribution >= 4 is 5.97 Å². The smallest absolute Gasteiger partial charge is 0.338 e. The van der Waals surface area contributed by atoms with E-state index in [1.165, 1.54) is 24.3 Å². The number of carbonyl (C=O) groups is 1. The molecule has 0 atom stereocenters. The highest BCUT2D eigenvalue weighted by Crippen LogP contribution is 2.12. The summed E-state index contributed by atoms with van der Waals surface area (Å²) in [6, 6.07) is 13.6. The lowest BCUT2D eigenvalue weighted by molar-refractivity contribution is 0.0450. The van der Waals surface area contributed by atoms with E-state index in [1.807, 2.05) is 31.2 Å². The molecule has 4 heteroatoms. The quantitative estimate of drug-likeness (QED) is 0.671. The van der Waals surface area contributed by atoms with Crippen LogP contribution in [0.15, 0.2) is 48.5 Å². The summed E-state index contributed by atoms with van der Waals surface area (Å²) in [6.45, 7) is 2.46. The van der Waals surface area contributed by atoms with Crippen LogP contribution in [0.25, 0.3) is 0 Å². The van der Waals surface area contributed by atoms with Crippen LogP contribution in [0.3, 0.4) is 0 Å². The summed E-state index contributed by atoms with van der Waals surface area (Å²) in [5, 5.41) is 9.13. The van der Waals surface area contributed by atoms with E-state index in [0.717, 1.165) is 11.3 Å². The number of phenols is 1. The Balaban J connectivity index is 1.76. The second kappa shape index (κ2) is 6.61. The van der Waals surface area contributed by atoms with Crippen molar-refractivity contribution in [2.24, 2.45) is 0 Å². The number of ether oxygens (including phenoxy) is 2. The van der Waals surface area contributed by atoms with Gasteiger partial charge in [-0.15, -0.1) is 0 Å². The fourth-order valence-corrected chi connectivity index (χ4v) is 1.68. The Bertz CT molecular complexity index is 575. The molecule has 0 aliphatic carbocycles. The molecule has 4 nitrogen and oxygen atoms in total. The third kappa shape index (κ3) is 4.02. The molecule has 0 amide bonds. The molecule has 2 rings (SSSR count). The summed E-state index contributed by atoms with van der Waals surface area (Å²) in [5.41, 5.74) is 1.52. The molecule has 104 valence electrons. The molecule has 0 saturated carbocycles. The van der Waals surface area contributed by atoms with E-state index in [4.69, 9.17) is 14.6 Å². The van der Waals surface area contributed by atoms with Crippen LogP contribution < -0.4 is 4.74 Å². The van der Waals surface area contributed by atoms with E-state index in [9.17, 15) is 4.79 Å². The fraction of sp³-hybridized carbons (Fsp3) is 0.188. The third-order valence-electron chi connectivity index (χ3n) is 2.68. The Kier molecular flexibility index (Phi) is 4.60. The first kappa shape index (κ1) is 13.9. The zero-order valence-corrected chi connectivity index (χ0v) is 11.2. The van der Waals surface area contributed by atoms with Gasteiger partial charge in [0.25, 0.3) is 0 Å². The van der Waals surface area contributed by atoms with E-state index >= 15 is 0 Å². The first-order valence-electron chi connectivity index (χ1n) is 6.31. The van der Waals surface area contributed by atoms with Gasteiger partial charge in [0.1, 0.15) is 24.7 Å². The minimum Gasteiger partial charge on any atom is -0.508 e. The number of phenolic OH excluding ortho intramolecular Hbond substituents is 1. The van der Waals surface area contributed by atoms with Gasteiger partial charge < -0.3 is 14.6 Å². The summed E-state index contributed by atoms with van der Waals surface area (Å²) in [4.78, 5) is 11.7. The zero-order valence-electron chi connectivity index (χ0n) is 11.2. The Morgan fingerprint density at radius 2 is 1.85 bits per heavy atom. The largest absolute Gasteiger partial charge is 0.508 e. The van der Waals surface area contributed by atoms with Gasteiger partial charge in [-0.3, -0.25) is 0 Å². The fourth-order valence-electron chi connectivity index (χ4n) is 1.68. The molecule has 0 aliphatic heterocycles. The SMILES string of the molecule is Cc1cccc(OCCOC(=O)c2ccc(O)cc2)c1. The highest BCUT2D eigenvalue weighted by molar-refractivity contribution is 5.89. The van der Waals surface area contributed by atoms with Gasteiger partial charge in [-0.2, -0.15) is 0 Å². The van der Waals surface area contributed by atoms with Crippen LogP contribution in [0, 0.1) is 6.92 Å². The summed E-state index contributed by atoms with van der Waals surface area (Å²) >= 11 is 0. The van der Waals surface area contributed by atoms with Gasteiger partial charge in [0.2, 0.25) is 0 Å². The molecule has 0 bridgehead atoms. The predicted octanol–water partition coefficient (Wildman–Crippen LogP) is 2.94. The molecular formula is C16H16O4. The normalized spacial score (nSPS) is 10.1. The maximum Gasteiger partial charge on any atom is 0.338 e. The summed E-state index contributed by atoms with van der Waals surface area (Å²) < 4.78 is 10.5. The molecule has 1 N–H and O–H groups in total. The summed E-state index contributed by atoms with van der Waals surface area (Å²) in [7, 11) is 0. The minimum atomic E-state index is -0.433. The number of esters is 1. The van der Waals surface area contributed by atoms with E-state index in [2.05, 4.69) is 0 Å². The van der Waals surface area contributed by atoms with E-state index in [1.54, 1.807) is 0 Å². The molecule has 0 aliphatic rings. The van der Waals surface area contributed by atoms with Gasteiger partial charge in [0.15, 0.2) is 0 Å². The van der Waals surface area contributed by atoms with Crippen LogP contribution in [-0.2, 0) is 4.74 Å². The lowest BCUT2D eigenvalue weighted by atomic mass is 10.2. The van der Waals surface area contributed by atoms with Crippen molar-refractivity contribution in [2.75, 3.05) is 13.2 Å². The molecule has 0 heterocycles. The summed E-state index contributed by atoms with van der Waals surface area (Å²) in [5.74, 6) is 0.438. The number of rotatable bonds is 5. The average Bonchev–Trinajstić information content (AvgIpc) is 2.44. The lowest BCUT2D eigenvalue weighted by Gasteiger charge is -2.08. The van der Waals surface area contributed by atoms with Crippen LogP contribution in [0.4, 0.5) is 0 Å². The number of hydrogen-bond donors (Lipinski definition) is 1. The average molecular weight is 272 g/mol. The minimum absolute atomic E-state index is 0.115. The van der Waals surface area contributed by atoms with Crippen LogP contribution in [-0.4, -0.2) is 24.3 Å². The van der Waals surface area contributed by atoms with E-state index < -0.39 is 5.97 Å². The first-order chi connectivity index (χ1) is 9.65. The first-order valence-corrected chi connectivity index (χ1v) is 6.31. The number of hydrogen-bond acceptors (Lipinski definition) is 4. The standard InChI is InChI=1S/C16H16O4/c1-12-3-2-4-15(11-12)19-9-10-20-16(18)13-5-7-14(17)8-6-13/h2-8,11,17H,9-10H2,1H3. The monoisotopic (exact) mass is 272 g/mol. The predicted molar refractivity (Wildman–Crippen MR) is 75.1 cm³/mol. The molecule has 0 spiro atoms. The van der Waals surface area contributed by atoms with Crippen LogP contribution >= 0.6 is 0 Å². The van der Waals surface area contributed by atoms with Gasteiger partial charge >= 0.3 is 5.97 Å². The van der Waals surface area contributed by atoms with Crippen LogP contribution in [0.2, 0.25) is 0 Å². The second-order valence-corrected chi connectivity index (χ2v) is 4.35. The summed E-state index contributed by atoms with van der Waals surface area (Å²) in [6.07, 6.45) is 0. The molecular weight excluding hydrogens is 256 g/mol. The molecule has 0 fully saturated rings. The number of benzene rings is 2. The molecule has 20 heavy (non-hydrogen) atoms. The molecule has 0 radical (unpaired) electrons. The Morgan fingerprint density at radius 3 is 2.55 bits per heavy atom. The van der Waals surface area contributed by atoms with Crippen molar-refractivity contribution in [3.05, 3.63) is 59.7 Å². The van der Waals surface area contributed by atoms with Gasteiger partial charge in [-0.25, -0.2) is 4.79 Å². The molecule has 2 aromatic rings. The van der Waals surface area contributed by atoms with Crippen molar-refractivity contribution in [1.29, 1.82) is 0 Å². The molecule has 0 unspecified atom stereocenters. The van der Waals surface area contributed by atoms with Crippen LogP contribution in [0.5, 0.6) is 11.5 Å². The van der Waals surface area contributed by atoms with Gasteiger partial charge in [0.05, 0.1) is 5.56 Å². The van der Waals surface area contributed by atoms with Crippen LogP contribution in [0.1, 0.15) is 15.9 Å². The molecule has 0 aromatic heterocycles. The van der Waals surface area contributed by atoms with Gasteiger partial charge in [0, 0.05) is 0 Å². The number of aromatic hydroxyl groups is 1. The second-order valence-electron chi connectivity index (χ2n) is 4.35. The number of carbonyl (C=O) groups excluding carboxylic acids is 1. The lowest BCUT2D eigenvalue weighted by Crippen LogP contribution is -2.12. The van der Waals surface area contributed by atoms with Gasteiger partial charge in [-0.1, -0.05) is 12.1 Å². The zero-order chi connectivity index (χ0) is 14.4. The number of aryl methyl sites for hydroxylation is 1. The topological polar surface area (TPSA) is 55.8 Å². The maximum atomic E-state index is 11.7. The van der Waals surface area contributed by atoms with E-state index in [0.29, 0.717) is 12.2 Å². The Morgan fingerprint density at radius 1 is 1.10 bits per heavy atom. The van der Waals surface area contributed by atoms with Crippen molar-refractivity contribution in [1.82, 2.24) is 0 Å². The third-order valence-corrected chi connectivity index (χ3v) is 2.68. The maximum absolute atomic E-state index is 11.7. The van der Waals surface area contributed by atoms with Crippen molar-refractivity contribution in [2.45, 2.75) is 6.92 Å². The molecule has 2 aromatic carbocycles. The van der Waals surface area contributed by atoms with Crippen molar-refractivity contribution in [3.63, 3.8) is 0 Å². The van der Waals surface area contributed by atoms with Crippen molar-refractivity contribution < 1.29 is 19.4 Å². The van der Waals surface area contributed by atoms with Crippen molar-refractivity contribution in [3.8, 4) is 11.5 Å². The van der Waals surface area contributed by atoms with Gasteiger partial charge in [-0.05, 0) is 48.9 Å². The Hall–Kier alpha value is -2.49.